The van der Waals surface area contributed by atoms with Crippen LogP contribution in [0.15, 0.2) is 12.7 Å². The van der Waals surface area contributed by atoms with Gasteiger partial charge < -0.3 is 6.15 Å². The summed E-state index contributed by atoms with van der Waals surface area (Å²) in [6.07, 6.45) is 1.04. The molecule has 0 unspecified atom stereocenters. The van der Waals surface area contributed by atoms with E-state index in [0.717, 1.165) is 6.08 Å². The lowest BCUT2D eigenvalue weighted by Crippen LogP contribution is -2.00. The van der Waals surface area contributed by atoms with Gasteiger partial charge >= 0.3 is 5.97 Å². The van der Waals surface area contributed by atoms with Crippen molar-refractivity contribution in [2.75, 3.05) is 6.61 Å². The van der Waals surface area contributed by atoms with Crippen molar-refractivity contribution in [1.82, 2.24) is 6.15 Å². The maximum Gasteiger partial charge on any atom is 0.365 e. The molecule has 0 fully saturated rings. The third-order valence-corrected chi connectivity index (χ3v) is 0.426. The van der Waals surface area contributed by atoms with Crippen molar-refractivity contribution >= 4 is 5.97 Å². The van der Waals surface area contributed by atoms with Gasteiger partial charge in [-0.2, -0.15) is 4.89 Å². The fraction of sp³-hybridized carbons (Fsp3) is 0.400. The number of rotatable bonds is 3. The summed E-state index contributed by atoms with van der Waals surface area (Å²) in [6, 6.07) is 0. The Morgan fingerprint density at radius 3 is 2.67 bits per heavy atom. The highest BCUT2D eigenvalue weighted by atomic mass is 17.2. The molecule has 4 nitrogen and oxygen atoms in total. The van der Waals surface area contributed by atoms with Gasteiger partial charge in [-0.3, -0.25) is 4.89 Å². The van der Waals surface area contributed by atoms with E-state index in [9.17, 15) is 4.79 Å². The second kappa shape index (κ2) is 7.13. The highest BCUT2D eigenvalue weighted by molar-refractivity contribution is 5.80. The maximum absolute atomic E-state index is 10.1. The Morgan fingerprint density at radius 2 is 2.33 bits per heavy atom. The van der Waals surface area contributed by atoms with Crippen LogP contribution in [0.4, 0.5) is 0 Å². The van der Waals surface area contributed by atoms with Crippen molar-refractivity contribution in [3.05, 3.63) is 12.7 Å². The first-order chi connectivity index (χ1) is 3.81. The minimum atomic E-state index is -0.563. The van der Waals surface area contributed by atoms with Crippen molar-refractivity contribution in [2.45, 2.75) is 6.92 Å². The molecular weight excluding hydrogens is 122 g/mol. The molecule has 0 amide bonds. The Balaban J connectivity index is 0. The monoisotopic (exact) mass is 133 g/mol. The zero-order chi connectivity index (χ0) is 6.41. The topological polar surface area (TPSA) is 70.5 Å². The Hall–Kier alpha value is -0.870. The molecule has 0 saturated carbocycles. The molecule has 0 aliphatic rings. The average molecular weight is 133 g/mol. The molecule has 4 heteroatoms. The summed E-state index contributed by atoms with van der Waals surface area (Å²) in [5.74, 6) is -0.563. The van der Waals surface area contributed by atoms with Gasteiger partial charge in [-0.1, -0.05) is 6.58 Å². The Kier molecular flexibility index (Phi) is 8.71. The van der Waals surface area contributed by atoms with E-state index in [1.807, 2.05) is 0 Å². The molecule has 0 spiro atoms. The minimum absolute atomic E-state index is 0. The number of carbonyl (C=O) groups excluding carboxylic acids is 1. The lowest BCUT2D eigenvalue weighted by atomic mass is 10.7. The van der Waals surface area contributed by atoms with Crippen LogP contribution in [0.25, 0.3) is 0 Å². The molecule has 0 saturated heterocycles. The van der Waals surface area contributed by atoms with Crippen molar-refractivity contribution in [1.29, 1.82) is 0 Å². The van der Waals surface area contributed by atoms with E-state index < -0.39 is 5.97 Å². The van der Waals surface area contributed by atoms with E-state index in [-0.39, 0.29) is 6.15 Å². The summed E-state index contributed by atoms with van der Waals surface area (Å²) in [4.78, 5) is 18.5. The molecule has 3 N–H and O–H groups in total. The van der Waals surface area contributed by atoms with Crippen molar-refractivity contribution < 1.29 is 14.6 Å². The van der Waals surface area contributed by atoms with Gasteiger partial charge in [0.25, 0.3) is 0 Å². The van der Waals surface area contributed by atoms with Gasteiger partial charge in [0.05, 0.1) is 6.61 Å². The summed E-state index contributed by atoms with van der Waals surface area (Å²) < 4.78 is 0. The van der Waals surface area contributed by atoms with E-state index in [4.69, 9.17) is 0 Å². The molecule has 9 heavy (non-hydrogen) atoms. The average Bonchev–Trinajstić information content (AvgIpc) is 1.83. The van der Waals surface area contributed by atoms with E-state index in [1.54, 1.807) is 6.92 Å². The van der Waals surface area contributed by atoms with Gasteiger partial charge in [0.1, 0.15) is 0 Å². The van der Waals surface area contributed by atoms with Crippen molar-refractivity contribution in [2.24, 2.45) is 0 Å². The SMILES string of the molecule is C=CC(=O)OOCC.N. The molecule has 0 radical (unpaired) electrons. The van der Waals surface area contributed by atoms with Crippen LogP contribution >= 0.6 is 0 Å². The smallest absolute Gasteiger partial charge is 0.344 e. The quantitative estimate of drug-likeness (QED) is 0.351. The Labute approximate surface area is 54.0 Å². The third kappa shape index (κ3) is 7.13. The van der Waals surface area contributed by atoms with E-state index in [0.29, 0.717) is 6.61 Å². The standard InChI is InChI=1S/C5H8O3.H3N/c1-3-5(6)8-7-4-2;/h3H,1,4H2,2H3;1H3. The molecule has 0 heterocycles. The molecule has 0 aromatic heterocycles. The second-order valence-corrected chi connectivity index (χ2v) is 1.01. The maximum atomic E-state index is 10.1. The van der Waals surface area contributed by atoms with Gasteiger partial charge in [-0.05, 0) is 6.92 Å². The molecule has 0 bridgehead atoms. The van der Waals surface area contributed by atoms with Crippen molar-refractivity contribution in [3.8, 4) is 0 Å². The third-order valence-electron chi connectivity index (χ3n) is 0.426. The molecular formula is C5H11NO3. The van der Waals surface area contributed by atoms with Gasteiger partial charge in [-0.15, -0.1) is 0 Å². The predicted molar refractivity (Wildman–Crippen MR) is 32.9 cm³/mol. The lowest BCUT2D eigenvalue weighted by Gasteiger charge is -1.93. The van der Waals surface area contributed by atoms with Crippen LogP contribution in [-0.4, -0.2) is 12.6 Å². The number of hydrogen-bond acceptors (Lipinski definition) is 4. The first-order valence-electron chi connectivity index (χ1n) is 2.27. The second-order valence-electron chi connectivity index (χ2n) is 1.01. The summed E-state index contributed by atoms with van der Waals surface area (Å²) >= 11 is 0. The number of carbonyl (C=O) groups is 1. The Bertz CT molecular complexity index is 92.2. The van der Waals surface area contributed by atoms with E-state index in [2.05, 4.69) is 16.4 Å². The van der Waals surface area contributed by atoms with E-state index >= 15 is 0 Å². The summed E-state index contributed by atoms with van der Waals surface area (Å²) in [5.41, 5.74) is 0. The van der Waals surface area contributed by atoms with Crippen LogP contribution in [0, 0.1) is 0 Å². The zero-order valence-electron chi connectivity index (χ0n) is 5.42. The summed E-state index contributed by atoms with van der Waals surface area (Å²) in [7, 11) is 0. The highest BCUT2D eigenvalue weighted by Gasteiger charge is 1.91. The molecule has 0 atom stereocenters. The molecule has 54 valence electrons. The van der Waals surface area contributed by atoms with Gasteiger partial charge in [0, 0.05) is 6.08 Å². The van der Waals surface area contributed by atoms with Gasteiger partial charge in [0.2, 0.25) is 0 Å². The zero-order valence-corrected chi connectivity index (χ0v) is 5.42. The van der Waals surface area contributed by atoms with Gasteiger partial charge in [0.15, 0.2) is 0 Å². The van der Waals surface area contributed by atoms with Crippen molar-refractivity contribution in [3.63, 3.8) is 0 Å². The fourth-order valence-corrected chi connectivity index (χ4v) is 0.151. The van der Waals surface area contributed by atoms with Crippen LogP contribution in [0.3, 0.4) is 0 Å². The normalized spacial score (nSPS) is 7.22. The molecule has 0 aliphatic carbocycles. The Morgan fingerprint density at radius 1 is 1.78 bits per heavy atom. The lowest BCUT2D eigenvalue weighted by molar-refractivity contribution is -0.264. The van der Waals surface area contributed by atoms with Crippen LogP contribution < -0.4 is 6.15 Å². The van der Waals surface area contributed by atoms with Crippen LogP contribution in [0.2, 0.25) is 0 Å². The first kappa shape index (κ1) is 11.0. The largest absolute Gasteiger partial charge is 0.365 e. The molecule has 0 aliphatic heterocycles. The summed E-state index contributed by atoms with van der Waals surface area (Å²) in [6.45, 7) is 5.24. The van der Waals surface area contributed by atoms with Crippen LogP contribution in [0.5, 0.6) is 0 Å². The fourth-order valence-electron chi connectivity index (χ4n) is 0.151. The number of hydrogen-bond donors (Lipinski definition) is 1. The van der Waals surface area contributed by atoms with Crippen LogP contribution in [0.1, 0.15) is 6.92 Å². The molecule has 0 aromatic rings. The van der Waals surface area contributed by atoms with E-state index in [1.165, 1.54) is 0 Å². The molecule has 0 rings (SSSR count). The molecule has 0 aromatic carbocycles. The summed E-state index contributed by atoms with van der Waals surface area (Å²) in [5, 5.41) is 0. The minimum Gasteiger partial charge on any atom is -0.344 e. The first-order valence-corrected chi connectivity index (χ1v) is 2.27. The van der Waals surface area contributed by atoms with Gasteiger partial charge in [-0.25, -0.2) is 4.79 Å². The highest BCUT2D eigenvalue weighted by Crippen LogP contribution is 1.79. The predicted octanol–water partition coefficient (Wildman–Crippen LogP) is 0.829. The van der Waals surface area contributed by atoms with Crippen LogP contribution in [-0.2, 0) is 14.6 Å².